The van der Waals surface area contributed by atoms with Crippen LogP contribution in [0.2, 0.25) is 0 Å². The molecule has 1 atom stereocenters. The first-order valence-electron chi connectivity index (χ1n) is 9.21. The van der Waals surface area contributed by atoms with Crippen molar-refractivity contribution in [3.8, 4) is 5.69 Å². The lowest BCUT2D eigenvalue weighted by Crippen LogP contribution is -2.49. The van der Waals surface area contributed by atoms with Gasteiger partial charge in [-0.2, -0.15) is 5.10 Å². The lowest BCUT2D eigenvalue weighted by molar-refractivity contribution is 0.1000. The molecule has 1 aromatic carbocycles. The van der Waals surface area contributed by atoms with Crippen LogP contribution in [0.4, 0.5) is 0 Å². The summed E-state index contributed by atoms with van der Waals surface area (Å²) in [5, 5.41) is 4.56. The highest BCUT2D eigenvalue weighted by Crippen LogP contribution is 2.15. The van der Waals surface area contributed by atoms with Gasteiger partial charge in [-0.25, -0.2) is 4.68 Å². The standard InChI is InChI=1S/C20H30N4/c1-4-5-6-18-7-9-20(10-8-18)24-16-19(13-21-24)15-23-12-11-22(3)17(2)14-23/h7-10,13,16-17H,4-6,11-12,14-15H2,1-3H3. The van der Waals surface area contributed by atoms with Crippen LogP contribution in [0.15, 0.2) is 36.7 Å². The third-order valence-electron chi connectivity index (χ3n) is 5.11. The second kappa shape index (κ2) is 7.95. The summed E-state index contributed by atoms with van der Waals surface area (Å²) in [6.07, 6.45) is 7.85. The molecule has 1 unspecified atom stereocenters. The largest absolute Gasteiger partial charge is 0.301 e. The number of likely N-dealkylation sites (N-methyl/N-ethyl adjacent to an activating group) is 1. The van der Waals surface area contributed by atoms with Crippen molar-refractivity contribution < 1.29 is 0 Å². The van der Waals surface area contributed by atoms with Crippen LogP contribution < -0.4 is 0 Å². The summed E-state index contributed by atoms with van der Waals surface area (Å²) < 4.78 is 2.00. The molecule has 0 bridgehead atoms. The second-order valence-electron chi connectivity index (χ2n) is 7.13. The first-order valence-corrected chi connectivity index (χ1v) is 9.21. The molecule has 1 aromatic heterocycles. The number of aryl methyl sites for hydroxylation is 1. The number of aromatic nitrogens is 2. The molecule has 0 amide bonds. The van der Waals surface area contributed by atoms with E-state index in [1.165, 1.54) is 30.4 Å². The first kappa shape index (κ1) is 17.2. The molecular formula is C20H30N4. The van der Waals surface area contributed by atoms with E-state index in [-0.39, 0.29) is 0 Å². The number of benzene rings is 1. The van der Waals surface area contributed by atoms with Gasteiger partial charge in [-0.05, 0) is 44.5 Å². The smallest absolute Gasteiger partial charge is 0.0645 e. The van der Waals surface area contributed by atoms with E-state index in [2.05, 4.69) is 66.3 Å². The van der Waals surface area contributed by atoms with Gasteiger partial charge in [-0.3, -0.25) is 4.90 Å². The minimum atomic E-state index is 0.629. The van der Waals surface area contributed by atoms with E-state index in [4.69, 9.17) is 0 Å². The molecule has 24 heavy (non-hydrogen) atoms. The molecule has 2 heterocycles. The Morgan fingerprint density at radius 1 is 1.12 bits per heavy atom. The monoisotopic (exact) mass is 326 g/mol. The van der Waals surface area contributed by atoms with Crippen LogP contribution >= 0.6 is 0 Å². The zero-order chi connectivity index (χ0) is 16.9. The van der Waals surface area contributed by atoms with Crippen molar-refractivity contribution >= 4 is 0 Å². The lowest BCUT2D eigenvalue weighted by atomic mass is 10.1. The molecule has 1 aliphatic heterocycles. The van der Waals surface area contributed by atoms with Crippen molar-refractivity contribution in [2.24, 2.45) is 0 Å². The van der Waals surface area contributed by atoms with Gasteiger partial charge in [0.15, 0.2) is 0 Å². The van der Waals surface area contributed by atoms with Gasteiger partial charge < -0.3 is 4.90 Å². The summed E-state index contributed by atoms with van der Waals surface area (Å²) in [5.74, 6) is 0. The van der Waals surface area contributed by atoms with E-state index >= 15 is 0 Å². The highest BCUT2D eigenvalue weighted by Gasteiger charge is 2.20. The molecule has 1 aliphatic rings. The predicted octanol–water partition coefficient (Wildman–Crippen LogP) is 3.35. The Bertz CT molecular complexity index is 631. The number of rotatable bonds is 6. The van der Waals surface area contributed by atoms with Crippen molar-refractivity contribution in [1.29, 1.82) is 0 Å². The van der Waals surface area contributed by atoms with Crippen LogP contribution in [0.1, 0.15) is 37.8 Å². The van der Waals surface area contributed by atoms with E-state index in [9.17, 15) is 0 Å². The van der Waals surface area contributed by atoms with Gasteiger partial charge in [0, 0.05) is 44.0 Å². The topological polar surface area (TPSA) is 24.3 Å². The molecule has 1 saturated heterocycles. The van der Waals surface area contributed by atoms with E-state index < -0.39 is 0 Å². The molecule has 0 spiro atoms. The van der Waals surface area contributed by atoms with Gasteiger partial charge in [-0.15, -0.1) is 0 Å². The minimum absolute atomic E-state index is 0.629. The lowest BCUT2D eigenvalue weighted by Gasteiger charge is -2.37. The first-order chi connectivity index (χ1) is 11.7. The quantitative estimate of drug-likeness (QED) is 0.813. The van der Waals surface area contributed by atoms with E-state index in [0.717, 1.165) is 31.9 Å². The van der Waals surface area contributed by atoms with Gasteiger partial charge in [0.2, 0.25) is 0 Å². The Kier molecular flexibility index (Phi) is 5.69. The van der Waals surface area contributed by atoms with E-state index in [0.29, 0.717) is 6.04 Å². The second-order valence-corrected chi connectivity index (χ2v) is 7.13. The molecule has 2 aromatic rings. The highest BCUT2D eigenvalue weighted by atomic mass is 15.3. The number of hydrogen-bond donors (Lipinski definition) is 0. The van der Waals surface area contributed by atoms with Gasteiger partial charge >= 0.3 is 0 Å². The number of piperazine rings is 1. The summed E-state index contributed by atoms with van der Waals surface area (Å²) in [7, 11) is 2.21. The Morgan fingerprint density at radius 2 is 1.92 bits per heavy atom. The highest BCUT2D eigenvalue weighted by molar-refractivity contribution is 5.34. The molecule has 1 fully saturated rings. The van der Waals surface area contributed by atoms with Crippen molar-refractivity contribution in [3.05, 3.63) is 47.8 Å². The van der Waals surface area contributed by atoms with Crippen molar-refractivity contribution in [2.75, 3.05) is 26.7 Å². The third-order valence-corrected chi connectivity index (χ3v) is 5.11. The molecule has 3 rings (SSSR count). The molecular weight excluding hydrogens is 296 g/mol. The maximum Gasteiger partial charge on any atom is 0.0645 e. The Hall–Kier alpha value is -1.65. The zero-order valence-corrected chi connectivity index (χ0v) is 15.3. The van der Waals surface area contributed by atoms with Crippen LogP contribution in [0.3, 0.4) is 0 Å². The molecule has 0 radical (unpaired) electrons. The Balaban J connectivity index is 1.61. The Labute approximate surface area is 146 Å². The molecule has 0 aliphatic carbocycles. The summed E-state index contributed by atoms with van der Waals surface area (Å²) >= 11 is 0. The normalized spacial score (nSPS) is 19.7. The summed E-state index contributed by atoms with van der Waals surface area (Å²) in [6.45, 7) is 8.95. The number of unbranched alkanes of at least 4 members (excludes halogenated alkanes) is 1. The minimum Gasteiger partial charge on any atom is -0.301 e. The molecule has 4 nitrogen and oxygen atoms in total. The SMILES string of the molecule is CCCCc1ccc(-n2cc(CN3CCN(C)C(C)C3)cn2)cc1. The van der Waals surface area contributed by atoms with Crippen LogP contribution in [-0.4, -0.2) is 52.3 Å². The number of nitrogens with zero attached hydrogens (tertiary/aromatic N) is 4. The van der Waals surface area contributed by atoms with Gasteiger partial charge in [-0.1, -0.05) is 25.5 Å². The van der Waals surface area contributed by atoms with Crippen LogP contribution in [0.25, 0.3) is 5.69 Å². The summed E-state index contributed by atoms with van der Waals surface area (Å²) in [4.78, 5) is 4.96. The molecule has 0 saturated carbocycles. The summed E-state index contributed by atoms with van der Waals surface area (Å²) in [6, 6.07) is 9.45. The fourth-order valence-electron chi connectivity index (χ4n) is 3.30. The van der Waals surface area contributed by atoms with Crippen molar-refractivity contribution in [3.63, 3.8) is 0 Å². The van der Waals surface area contributed by atoms with Crippen LogP contribution in [0.5, 0.6) is 0 Å². The van der Waals surface area contributed by atoms with Crippen molar-refractivity contribution in [1.82, 2.24) is 19.6 Å². The summed E-state index contributed by atoms with van der Waals surface area (Å²) in [5.41, 5.74) is 3.86. The maximum atomic E-state index is 4.56. The predicted molar refractivity (Wildman–Crippen MR) is 99.5 cm³/mol. The van der Waals surface area contributed by atoms with E-state index in [1.54, 1.807) is 0 Å². The molecule has 4 heteroatoms. The number of hydrogen-bond acceptors (Lipinski definition) is 3. The zero-order valence-electron chi connectivity index (χ0n) is 15.3. The van der Waals surface area contributed by atoms with Crippen LogP contribution in [0, 0.1) is 0 Å². The fourth-order valence-corrected chi connectivity index (χ4v) is 3.30. The third kappa shape index (κ3) is 4.25. The van der Waals surface area contributed by atoms with Gasteiger partial charge in [0.25, 0.3) is 0 Å². The maximum absolute atomic E-state index is 4.56. The van der Waals surface area contributed by atoms with E-state index in [1.807, 2.05) is 10.9 Å². The van der Waals surface area contributed by atoms with Crippen molar-refractivity contribution in [2.45, 2.75) is 45.7 Å². The fraction of sp³-hybridized carbons (Fsp3) is 0.550. The molecule has 130 valence electrons. The van der Waals surface area contributed by atoms with Gasteiger partial charge in [0.05, 0.1) is 11.9 Å². The Morgan fingerprint density at radius 3 is 2.62 bits per heavy atom. The average molecular weight is 326 g/mol. The average Bonchev–Trinajstić information content (AvgIpc) is 3.05. The van der Waals surface area contributed by atoms with Gasteiger partial charge in [0.1, 0.15) is 0 Å². The molecule has 0 N–H and O–H groups in total. The van der Waals surface area contributed by atoms with Crippen LogP contribution in [-0.2, 0) is 13.0 Å².